The van der Waals surface area contributed by atoms with Gasteiger partial charge in [-0.1, -0.05) is 6.92 Å². The molecule has 0 aliphatic carbocycles. The summed E-state index contributed by atoms with van der Waals surface area (Å²) in [7, 11) is 0. The van der Waals surface area contributed by atoms with E-state index in [0.717, 1.165) is 6.92 Å². The Hall–Kier alpha value is -0.541. The van der Waals surface area contributed by atoms with E-state index in [1.54, 1.807) is 0 Å². The predicted octanol–water partition coefficient (Wildman–Crippen LogP) is -2.10. The van der Waals surface area contributed by atoms with Crippen molar-refractivity contribution in [1.82, 2.24) is 0 Å². The molecule has 0 heterocycles. The Morgan fingerprint density at radius 2 is 1.40 bits per heavy atom. The Labute approximate surface area is 69.7 Å². The van der Waals surface area contributed by atoms with E-state index in [1.165, 1.54) is 6.92 Å². The Balaban J connectivity index is -0.0000000910. The van der Waals surface area contributed by atoms with Gasteiger partial charge in [0.25, 0.3) is 0 Å². The van der Waals surface area contributed by atoms with Gasteiger partial charge in [0, 0.05) is 11.9 Å². The Morgan fingerprint density at radius 3 is 1.40 bits per heavy atom. The summed E-state index contributed by atoms with van der Waals surface area (Å²) >= 11 is 0. The maximum atomic E-state index is 9.26. The first kappa shape index (κ1) is 16.2. The minimum atomic E-state index is -1.08. The van der Waals surface area contributed by atoms with Crippen LogP contribution in [0.15, 0.2) is 0 Å². The van der Waals surface area contributed by atoms with Gasteiger partial charge >= 0.3 is 17.1 Å². The van der Waals surface area contributed by atoms with Gasteiger partial charge in [0.2, 0.25) is 0 Å². The number of hydrogen-bond donors (Lipinski definition) is 0. The van der Waals surface area contributed by atoms with E-state index in [0.29, 0.717) is 0 Å². The molecule has 63 valence electrons. The minimum Gasteiger partial charge on any atom is -0.550 e. The van der Waals surface area contributed by atoms with Gasteiger partial charge in [-0.2, -0.15) is 0 Å². The van der Waals surface area contributed by atoms with Gasteiger partial charge in [-0.05, 0) is 13.3 Å². The molecule has 10 heavy (non-hydrogen) atoms. The topological polar surface area (TPSA) is 80.3 Å². The van der Waals surface area contributed by atoms with Crippen LogP contribution in [0.3, 0.4) is 0 Å². The summed E-state index contributed by atoms with van der Waals surface area (Å²) in [6, 6.07) is 0. The smallest absolute Gasteiger partial charge is 0.550 e. The summed E-state index contributed by atoms with van der Waals surface area (Å²) < 4.78 is 0. The molecular weight excluding hydrogens is 188 g/mol. The molecule has 0 aromatic rings. The number of aliphatic carboxylic acids is 2. The second-order valence-corrected chi connectivity index (χ2v) is 1.22. The van der Waals surface area contributed by atoms with E-state index in [9.17, 15) is 9.90 Å². The number of carboxylic acids is 2. The zero-order valence-electron chi connectivity index (χ0n) is 5.64. The molecular formula is C5H8CuO4. The molecule has 0 saturated carbocycles. The molecule has 0 aliphatic heterocycles. The summed E-state index contributed by atoms with van der Waals surface area (Å²) in [5.74, 6) is -2.08. The molecule has 1 radical (unpaired) electrons. The van der Waals surface area contributed by atoms with Crippen molar-refractivity contribution in [2.75, 3.05) is 0 Å². The minimum absolute atomic E-state index is 0. The van der Waals surface area contributed by atoms with Crippen LogP contribution in [0.25, 0.3) is 0 Å². The van der Waals surface area contributed by atoms with Gasteiger partial charge in [0.15, 0.2) is 0 Å². The van der Waals surface area contributed by atoms with Crippen molar-refractivity contribution in [3.63, 3.8) is 0 Å². The molecule has 0 bridgehead atoms. The number of hydrogen-bond acceptors (Lipinski definition) is 4. The Morgan fingerprint density at radius 1 is 1.30 bits per heavy atom. The van der Waals surface area contributed by atoms with Crippen molar-refractivity contribution < 1.29 is 36.9 Å². The van der Waals surface area contributed by atoms with Crippen LogP contribution in [0.4, 0.5) is 0 Å². The summed E-state index contributed by atoms with van der Waals surface area (Å²) in [5.41, 5.74) is 0. The standard InChI is InChI=1S/C3H6O2.C2H4O2.Cu/c1-2-3(4)5;1-2(3)4;/h2H2,1H3,(H,4,5);1H3,(H,3,4);/q;;+2/p-2. The average Bonchev–Trinajstić information content (AvgIpc) is 1.65. The quantitative estimate of drug-likeness (QED) is 0.449. The molecule has 0 rings (SSSR count). The molecule has 0 atom stereocenters. The SMILES string of the molecule is CC(=O)[O-].CCC(=O)[O-].[Cu+2]. The molecule has 4 nitrogen and oxygen atoms in total. The normalized spacial score (nSPS) is 6.20. The third-order valence-electron chi connectivity index (χ3n) is 0.289. The van der Waals surface area contributed by atoms with Crippen LogP contribution in [0, 0.1) is 0 Å². The fraction of sp³-hybridized carbons (Fsp3) is 0.600. The van der Waals surface area contributed by atoms with E-state index < -0.39 is 11.9 Å². The second-order valence-electron chi connectivity index (χ2n) is 1.22. The maximum absolute atomic E-state index is 9.26. The molecule has 0 spiro atoms. The van der Waals surface area contributed by atoms with E-state index in [2.05, 4.69) is 0 Å². The van der Waals surface area contributed by atoms with Crippen molar-refractivity contribution in [1.29, 1.82) is 0 Å². The van der Waals surface area contributed by atoms with Gasteiger partial charge in [-0.25, -0.2) is 0 Å². The second kappa shape index (κ2) is 11.3. The number of rotatable bonds is 1. The molecule has 0 saturated heterocycles. The average molecular weight is 196 g/mol. The molecule has 0 aliphatic rings. The number of carbonyl (C=O) groups is 2. The van der Waals surface area contributed by atoms with Crippen molar-refractivity contribution in [2.45, 2.75) is 20.3 Å². The summed E-state index contributed by atoms with van der Waals surface area (Å²) in [5, 5.41) is 18.1. The molecule has 5 heteroatoms. The van der Waals surface area contributed by atoms with Crippen molar-refractivity contribution in [2.24, 2.45) is 0 Å². The van der Waals surface area contributed by atoms with Crippen LogP contribution in [-0.2, 0) is 26.7 Å². The third-order valence-corrected chi connectivity index (χ3v) is 0.289. The zero-order valence-corrected chi connectivity index (χ0v) is 6.58. The fourth-order valence-electron chi connectivity index (χ4n) is 0. The first-order chi connectivity index (χ1) is 4.00. The van der Waals surface area contributed by atoms with Gasteiger partial charge in [-0.3, -0.25) is 0 Å². The van der Waals surface area contributed by atoms with Gasteiger partial charge < -0.3 is 19.8 Å². The predicted molar refractivity (Wildman–Crippen MR) is 26.0 cm³/mol. The zero-order chi connectivity index (χ0) is 7.86. The van der Waals surface area contributed by atoms with Crippen molar-refractivity contribution in [3.05, 3.63) is 0 Å². The van der Waals surface area contributed by atoms with Crippen molar-refractivity contribution >= 4 is 11.9 Å². The van der Waals surface area contributed by atoms with Crippen LogP contribution in [0.2, 0.25) is 0 Å². The molecule has 0 fully saturated rings. The Kier molecular flexibility index (Phi) is 18.3. The first-order valence-corrected chi connectivity index (χ1v) is 2.38. The number of carbonyl (C=O) groups excluding carboxylic acids is 2. The summed E-state index contributed by atoms with van der Waals surface area (Å²) in [6.45, 7) is 2.51. The molecule has 0 N–H and O–H groups in total. The molecule has 0 unspecified atom stereocenters. The van der Waals surface area contributed by atoms with E-state index in [-0.39, 0.29) is 23.5 Å². The number of carboxylic acid groups (broad SMARTS) is 2. The van der Waals surface area contributed by atoms with Crippen molar-refractivity contribution in [3.8, 4) is 0 Å². The largest absolute Gasteiger partial charge is 2.00 e. The van der Waals surface area contributed by atoms with E-state index in [4.69, 9.17) is 9.90 Å². The fourth-order valence-corrected chi connectivity index (χ4v) is 0. The molecule has 0 aromatic carbocycles. The molecule has 0 aromatic heterocycles. The van der Waals surface area contributed by atoms with Crippen LogP contribution < -0.4 is 10.2 Å². The van der Waals surface area contributed by atoms with E-state index in [1.807, 2.05) is 0 Å². The van der Waals surface area contributed by atoms with Crippen LogP contribution >= 0.6 is 0 Å². The van der Waals surface area contributed by atoms with E-state index >= 15 is 0 Å². The van der Waals surface area contributed by atoms with Crippen LogP contribution in [0.5, 0.6) is 0 Å². The third kappa shape index (κ3) is 146. The van der Waals surface area contributed by atoms with Gasteiger partial charge in [-0.15, -0.1) is 0 Å². The summed E-state index contributed by atoms with van der Waals surface area (Å²) in [4.78, 5) is 18.1. The van der Waals surface area contributed by atoms with Crippen LogP contribution in [0.1, 0.15) is 20.3 Å². The summed E-state index contributed by atoms with van der Waals surface area (Å²) in [6.07, 6.45) is 0.111. The van der Waals surface area contributed by atoms with Gasteiger partial charge in [0.1, 0.15) is 0 Å². The van der Waals surface area contributed by atoms with Crippen LogP contribution in [-0.4, -0.2) is 11.9 Å². The first-order valence-electron chi connectivity index (χ1n) is 2.38. The monoisotopic (exact) mass is 195 g/mol. The Bertz CT molecular complexity index is 97.8. The molecule has 0 amide bonds. The van der Waals surface area contributed by atoms with Gasteiger partial charge in [0.05, 0.1) is 0 Å². The maximum Gasteiger partial charge on any atom is 2.00 e.